The highest BCUT2D eigenvalue weighted by Gasteiger charge is 2.08. The minimum atomic E-state index is -0.170. The van der Waals surface area contributed by atoms with E-state index in [-0.39, 0.29) is 5.91 Å². The molecule has 1 N–H and O–H groups in total. The highest BCUT2D eigenvalue weighted by molar-refractivity contribution is 6.04. The first-order valence-corrected chi connectivity index (χ1v) is 7.14. The third kappa shape index (κ3) is 4.56. The van der Waals surface area contributed by atoms with Crippen LogP contribution in [0.25, 0.3) is 0 Å². The van der Waals surface area contributed by atoms with Crippen molar-refractivity contribution in [2.45, 2.75) is 13.3 Å². The molecule has 0 saturated heterocycles. The van der Waals surface area contributed by atoms with E-state index in [0.717, 1.165) is 17.7 Å². The first-order chi connectivity index (χ1) is 10.7. The van der Waals surface area contributed by atoms with Gasteiger partial charge in [-0.05, 0) is 36.8 Å². The van der Waals surface area contributed by atoms with E-state index in [1.165, 1.54) is 0 Å². The quantitative estimate of drug-likeness (QED) is 0.798. The molecule has 2 rings (SSSR count). The third-order valence-corrected chi connectivity index (χ3v) is 3.13. The number of aromatic nitrogens is 1. The Hall–Kier alpha value is -2.40. The summed E-state index contributed by atoms with van der Waals surface area (Å²) in [6.45, 7) is 3.11. The predicted molar refractivity (Wildman–Crippen MR) is 85.4 cm³/mol. The number of benzene rings is 1. The minimum Gasteiger partial charge on any atom is -0.493 e. The van der Waals surface area contributed by atoms with Gasteiger partial charge in [0, 0.05) is 43.8 Å². The molecule has 0 spiro atoms. The number of hydrogen-bond donors (Lipinski definition) is 1. The molecule has 0 fully saturated rings. The zero-order valence-corrected chi connectivity index (χ0v) is 12.8. The van der Waals surface area contributed by atoms with Gasteiger partial charge in [0.15, 0.2) is 0 Å². The Bertz CT molecular complexity index is 629. The van der Waals surface area contributed by atoms with Crippen molar-refractivity contribution in [3.63, 3.8) is 0 Å². The van der Waals surface area contributed by atoms with Crippen molar-refractivity contribution in [3.8, 4) is 5.75 Å². The van der Waals surface area contributed by atoms with Crippen molar-refractivity contribution in [2.24, 2.45) is 0 Å². The largest absolute Gasteiger partial charge is 0.493 e. The number of nitrogens with one attached hydrogen (secondary N) is 1. The number of anilines is 1. The standard InChI is InChI=1S/C17H20N2O3/c1-13-12-18-8-7-16(13)19-17(20)14-5-3-6-15(11-14)22-10-4-9-21-2/h3,5-8,11-12H,4,9-10H2,1-2H3,(H,18,19,20). The maximum atomic E-state index is 12.3. The molecule has 1 aromatic heterocycles. The average molecular weight is 300 g/mol. The Morgan fingerprint density at radius 1 is 1.27 bits per heavy atom. The molecule has 1 amide bonds. The Balaban J connectivity index is 1.99. The maximum Gasteiger partial charge on any atom is 0.255 e. The summed E-state index contributed by atoms with van der Waals surface area (Å²) < 4.78 is 10.6. The topological polar surface area (TPSA) is 60.5 Å². The van der Waals surface area contributed by atoms with E-state index < -0.39 is 0 Å². The highest BCUT2D eigenvalue weighted by atomic mass is 16.5. The van der Waals surface area contributed by atoms with Crippen LogP contribution in [0.3, 0.4) is 0 Å². The molecular weight excluding hydrogens is 280 g/mol. The van der Waals surface area contributed by atoms with Crippen LogP contribution in [0.2, 0.25) is 0 Å². The van der Waals surface area contributed by atoms with Gasteiger partial charge in [0.05, 0.1) is 6.61 Å². The molecule has 1 heterocycles. The summed E-state index contributed by atoms with van der Waals surface area (Å²) in [4.78, 5) is 16.3. The Kier molecular flexibility index (Phi) is 5.91. The summed E-state index contributed by atoms with van der Waals surface area (Å²) in [7, 11) is 1.66. The second-order valence-electron chi connectivity index (χ2n) is 4.87. The lowest BCUT2D eigenvalue weighted by molar-refractivity contribution is 0.102. The molecule has 0 atom stereocenters. The lowest BCUT2D eigenvalue weighted by atomic mass is 10.2. The van der Waals surface area contributed by atoms with Gasteiger partial charge in [-0.2, -0.15) is 0 Å². The molecule has 0 bridgehead atoms. The van der Waals surface area contributed by atoms with E-state index in [0.29, 0.717) is 24.5 Å². The van der Waals surface area contributed by atoms with Crippen LogP contribution in [0.1, 0.15) is 22.3 Å². The molecule has 5 heteroatoms. The van der Waals surface area contributed by atoms with Crippen LogP contribution in [-0.2, 0) is 4.74 Å². The fourth-order valence-corrected chi connectivity index (χ4v) is 1.93. The first kappa shape index (κ1) is 16.0. The molecule has 0 saturated carbocycles. The van der Waals surface area contributed by atoms with Crippen molar-refractivity contribution >= 4 is 11.6 Å². The minimum absolute atomic E-state index is 0.170. The van der Waals surface area contributed by atoms with E-state index in [9.17, 15) is 4.79 Å². The zero-order valence-electron chi connectivity index (χ0n) is 12.8. The molecular formula is C17H20N2O3. The Morgan fingerprint density at radius 3 is 2.91 bits per heavy atom. The number of carbonyl (C=O) groups is 1. The van der Waals surface area contributed by atoms with Gasteiger partial charge in [-0.15, -0.1) is 0 Å². The van der Waals surface area contributed by atoms with Gasteiger partial charge in [-0.3, -0.25) is 9.78 Å². The van der Waals surface area contributed by atoms with Gasteiger partial charge in [0.25, 0.3) is 5.91 Å². The molecule has 0 aliphatic carbocycles. The molecule has 22 heavy (non-hydrogen) atoms. The second-order valence-corrected chi connectivity index (χ2v) is 4.87. The summed E-state index contributed by atoms with van der Waals surface area (Å²) >= 11 is 0. The number of ether oxygens (including phenoxy) is 2. The molecule has 0 aliphatic rings. The van der Waals surface area contributed by atoms with Crippen molar-refractivity contribution in [3.05, 3.63) is 53.9 Å². The van der Waals surface area contributed by atoms with E-state index in [1.54, 1.807) is 43.8 Å². The van der Waals surface area contributed by atoms with E-state index in [1.807, 2.05) is 13.0 Å². The van der Waals surface area contributed by atoms with Crippen LogP contribution in [-0.4, -0.2) is 31.2 Å². The van der Waals surface area contributed by atoms with Crippen LogP contribution in [0.4, 0.5) is 5.69 Å². The predicted octanol–water partition coefficient (Wildman–Crippen LogP) is 3.06. The van der Waals surface area contributed by atoms with Gasteiger partial charge >= 0.3 is 0 Å². The maximum absolute atomic E-state index is 12.3. The van der Waals surface area contributed by atoms with Crippen molar-refractivity contribution in [1.29, 1.82) is 0 Å². The SMILES string of the molecule is COCCCOc1cccc(C(=O)Nc2ccncc2C)c1. The Morgan fingerprint density at radius 2 is 2.14 bits per heavy atom. The van der Waals surface area contributed by atoms with Crippen molar-refractivity contribution < 1.29 is 14.3 Å². The van der Waals surface area contributed by atoms with Crippen LogP contribution in [0, 0.1) is 6.92 Å². The van der Waals surface area contributed by atoms with E-state index in [4.69, 9.17) is 9.47 Å². The van der Waals surface area contributed by atoms with Crippen LogP contribution in [0.15, 0.2) is 42.7 Å². The van der Waals surface area contributed by atoms with Gasteiger partial charge < -0.3 is 14.8 Å². The second kappa shape index (κ2) is 8.14. The number of aryl methyl sites for hydroxylation is 1. The normalized spacial score (nSPS) is 10.3. The van der Waals surface area contributed by atoms with Crippen molar-refractivity contribution in [1.82, 2.24) is 4.98 Å². The summed E-state index contributed by atoms with van der Waals surface area (Å²) in [5.41, 5.74) is 2.23. The number of nitrogens with zero attached hydrogens (tertiary/aromatic N) is 1. The van der Waals surface area contributed by atoms with Gasteiger partial charge in [0.1, 0.15) is 5.75 Å². The number of carbonyl (C=O) groups excluding carboxylic acids is 1. The summed E-state index contributed by atoms with van der Waals surface area (Å²) in [5, 5.41) is 2.88. The number of rotatable bonds is 7. The monoisotopic (exact) mass is 300 g/mol. The highest BCUT2D eigenvalue weighted by Crippen LogP contribution is 2.17. The molecule has 0 radical (unpaired) electrons. The molecule has 5 nitrogen and oxygen atoms in total. The fourth-order valence-electron chi connectivity index (χ4n) is 1.93. The lowest BCUT2D eigenvalue weighted by Gasteiger charge is -2.10. The fraction of sp³-hybridized carbons (Fsp3) is 0.294. The van der Waals surface area contributed by atoms with E-state index in [2.05, 4.69) is 10.3 Å². The number of amides is 1. The zero-order chi connectivity index (χ0) is 15.8. The van der Waals surface area contributed by atoms with Gasteiger partial charge in [0.2, 0.25) is 0 Å². The molecule has 2 aromatic rings. The van der Waals surface area contributed by atoms with Crippen molar-refractivity contribution in [2.75, 3.05) is 25.6 Å². The first-order valence-electron chi connectivity index (χ1n) is 7.14. The molecule has 116 valence electrons. The summed E-state index contributed by atoms with van der Waals surface area (Å²) in [6, 6.07) is 8.91. The van der Waals surface area contributed by atoms with Gasteiger partial charge in [-0.1, -0.05) is 6.07 Å². The summed E-state index contributed by atoms with van der Waals surface area (Å²) in [5.74, 6) is 0.506. The van der Waals surface area contributed by atoms with Crippen LogP contribution >= 0.6 is 0 Å². The molecule has 0 aliphatic heterocycles. The number of pyridine rings is 1. The third-order valence-electron chi connectivity index (χ3n) is 3.13. The Labute approximate surface area is 130 Å². The van der Waals surface area contributed by atoms with E-state index >= 15 is 0 Å². The van der Waals surface area contributed by atoms with Crippen LogP contribution in [0.5, 0.6) is 5.75 Å². The van der Waals surface area contributed by atoms with Crippen LogP contribution < -0.4 is 10.1 Å². The number of hydrogen-bond acceptors (Lipinski definition) is 4. The molecule has 0 unspecified atom stereocenters. The molecule has 1 aromatic carbocycles. The number of methoxy groups -OCH3 is 1. The lowest BCUT2D eigenvalue weighted by Crippen LogP contribution is -2.13. The average Bonchev–Trinajstić information content (AvgIpc) is 2.54. The van der Waals surface area contributed by atoms with Gasteiger partial charge in [-0.25, -0.2) is 0 Å². The smallest absolute Gasteiger partial charge is 0.255 e. The summed E-state index contributed by atoms with van der Waals surface area (Å²) in [6.07, 6.45) is 4.17.